The Kier molecular flexibility index (Phi) is 4.57. The number of aliphatic hydroxyl groups excluding tert-OH is 1. The van der Waals surface area contributed by atoms with E-state index in [-0.39, 0.29) is 13.2 Å². The Hall–Kier alpha value is -1.37. The molecule has 0 radical (unpaired) electrons. The van der Waals surface area contributed by atoms with Gasteiger partial charge in [-0.25, -0.2) is 8.42 Å². The first kappa shape index (κ1) is 14.0. The molecule has 1 N–H and O–H groups in total. The van der Waals surface area contributed by atoms with Crippen molar-refractivity contribution in [1.82, 2.24) is 0 Å². The SMILES string of the molecule is O=S(=O)(c1cccs1)N(CCCO)c1ccccc1. The van der Waals surface area contributed by atoms with Crippen LogP contribution in [-0.2, 0) is 10.0 Å². The Bertz CT molecular complexity index is 594. The lowest BCUT2D eigenvalue weighted by Crippen LogP contribution is -2.31. The van der Waals surface area contributed by atoms with Crippen molar-refractivity contribution in [2.24, 2.45) is 0 Å². The minimum atomic E-state index is -3.54. The predicted molar refractivity (Wildman–Crippen MR) is 77.0 cm³/mol. The van der Waals surface area contributed by atoms with Gasteiger partial charge in [-0.15, -0.1) is 11.3 Å². The van der Waals surface area contributed by atoms with E-state index in [9.17, 15) is 8.42 Å². The minimum absolute atomic E-state index is 0.0384. The molecule has 2 aromatic rings. The molecule has 4 nitrogen and oxygen atoms in total. The van der Waals surface area contributed by atoms with Gasteiger partial charge < -0.3 is 5.11 Å². The average Bonchev–Trinajstić information content (AvgIpc) is 2.95. The van der Waals surface area contributed by atoms with Crippen molar-refractivity contribution in [2.45, 2.75) is 10.6 Å². The van der Waals surface area contributed by atoms with Gasteiger partial charge in [-0.1, -0.05) is 24.3 Å². The smallest absolute Gasteiger partial charge is 0.273 e. The summed E-state index contributed by atoms with van der Waals surface area (Å²) in [6.07, 6.45) is 0.402. The maximum absolute atomic E-state index is 12.6. The number of hydrogen-bond donors (Lipinski definition) is 1. The quantitative estimate of drug-likeness (QED) is 0.890. The summed E-state index contributed by atoms with van der Waals surface area (Å²) in [6.45, 7) is 0.226. The molecular formula is C13H15NO3S2. The second kappa shape index (κ2) is 6.18. The van der Waals surface area contributed by atoms with E-state index in [1.807, 2.05) is 6.07 Å². The minimum Gasteiger partial charge on any atom is -0.396 e. The number of anilines is 1. The van der Waals surface area contributed by atoms with Gasteiger partial charge in [-0.2, -0.15) is 0 Å². The molecule has 0 aliphatic rings. The highest BCUT2D eigenvalue weighted by Crippen LogP contribution is 2.26. The highest BCUT2D eigenvalue weighted by Gasteiger charge is 2.25. The maximum atomic E-state index is 12.6. The molecule has 19 heavy (non-hydrogen) atoms. The van der Waals surface area contributed by atoms with Crippen molar-refractivity contribution >= 4 is 27.0 Å². The van der Waals surface area contributed by atoms with Gasteiger partial charge in [0.15, 0.2) is 0 Å². The fourth-order valence-corrected chi connectivity index (χ4v) is 4.32. The third kappa shape index (κ3) is 3.15. The number of rotatable bonds is 6. The maximum Gasteiger partial charge on any atom is 0.273 e. The van der Waals surface area contributed by atoms with Crippen LogP contribution in [0.5, 0.6) is 0 Å². The lowest BCUT2D eigenvalue weighted by atomic mass is 10.3. The summed E-state index contributed by atoms with van der Waals surface area (Å²) in [7, 11) is -3.54. The van der Waals surface area contributed by atoms with Gasteiger partial charge in [0.25, 0.3) is 10.0 Å². The molecule has 0 spiro atoms. The Morgan fingerprint density at radius 2 is 1.84 bits per heavy atom. The summed E-state index contributed by atoms with van der Waals surface area (Å²) >= 11 is 1.19. The van der Waals surface area contributed by atoms with Crippen LogP contribution in [0, 0.1) is 0 Å². The van der Waals surface area contributed by atoms with Crippen molar-refractivity contribution in [2.75, 3.05) is 17.5 Å². The molecule has 0 atom stereocenters. The van der Waals surface area contributed by atoms with Gasteiger partial charge in [0.2, 0.25) is 0 Å². The molecule has 1 aromatic heterocycles. The van der Waals surface area contributed by atoms with E-state index in [1.54, 1.807) is 41.8 Å². The van der Waals surface area contributed by atoms with Crippen LogP contribution in [-0.4, -0.2) is 26.7 Å². The summed E-state index contributed by atoms with van der Waals surface area (Å²) in [4.78, 5) is 0. The van der Waals surface area contributed by atoms with E-state index >= 15 is 0 Å². The zero-order chi connectivity index (χ0) is 13.7. The zero-order valence-corrected chi connectivity index (χ0v) is 11.9. The summed E-state index contributed by atoms with van der Waals surface area (Å²) in [5, 5.41) is 10.7. The molecule has 1 aromatic carbocycles. The molecule has 0 unspecified atom stereocenters. The molecule has 0 fully saturated rings. The number of nitrogens with zero attached hydrogens (tertiary/aromatic N) is 1. The number of aliphatic hydroxyl groups is 1. The molecule has 6 heteroatoms. The third-order valence-electron chi connectivity index (χ3n) is 2.60. The lowest BCUT2D eigenvalue weighted by Gasteiger charge is -2.23. The second-order valence-electron chi connectivity index (χ2n) is 3.92. The fraction of sp³-hybridized carbons (Fsp3) is 0.231. The second-order valence-corrected chi connectivity index (χ2v) is 6.96. The summed E-state index contributed by atoms with van der Waals surface area (Å²) in [5.41, 5.74) is 0.615. The topological polar surface area (TPSA) is 57.6 Å². The number of hydrogen-bond acceptors (Lipinski definition) is 4. The van der Waals surface area contributed by atoms with Crippen LogP contribution >= 0.6 is 11.3 Å². The van der Waals surface area contributed by atoms with Crippen LogP contribution in [0.25, 0.3) is 0 Å². The van der Waals surface area contributed by atoms with Gasteiger partial charge in [-0.3, -0.25) is 4.31 Å². The molecule has 0 aliphatic heterocycles. The Morgan fingerprint density at radius 1 is 1.11 bits per heavy atom. The summed E-state index contributed by atoms with van der Waals surface area (Å²) in [5.74, 6) is 0. The Morgan fingerprint density at radius 3 is 2.42 bits per heavy atom. The number of para-hydroxylation sites is 1. The van der Waals surface area contributed by atoms with E-state index in [0.717, 1.165) is 0 Å². The first-order valence-corrected chi connectivity index (χ1v) is 8.20. The third-order valence-corrected chi connectivity index (χ3v) is 5.80. The highest BCUT2D eigenvalue weighted by atomic mass is 32.2. The number of sulfonamides is 1. The molecular weight excluding hydrogens is 282 g/mol. The van der Waals surface area contributed by atoms with E-state index in [0.29, 0.717) is 16.3 Å². The molecule has 0 amide bonds. The van der Waals surface area contributed by atoms with Crippen LogP contribution < -0.4 is 4.31 Å². The van der Waals surface area contributed by atoms with Crippen molar-refractivity contribution in [3.8, 4) is 0 Å². The monoisotopic (exact) mass is 297 g/mol. The van der Waals surface area contributed by atoms with Gasteiger partial charge in [0, 0.05) is 13.2 Å². The van der Waals surface area contributed by atoms with Gasteiger partial charge in [0.05, 0.1) is 5.69 Å². The van der Waals surface area contributed by atoms with Gasteiger partial charge >= 0.3 is 0 Å². The molecule has 102 valence electrons. The highest BCUT2D eigenvalue weighted by molar-refractivity contribution is 7.94. The normalized spacial score (nSPS) is 11.4. The van der Waals surface area contributed by atoms with Crippen LogP contribution in [0.4, 0.5) is 5.69 Å². The molecule has 1 heterocycles. The molecule has 0 bridgehead atoms. The molecule has 0 saturated carbocycles. The molecule has 2 rings (SSSR count). The van der Waals surface area contributed by atoms with Crippen molar-refractivity contribution in [3.63, 3.8) is 0 Å². The Balaban J connectivity index is 2.38. The number of benzene rings is 1. The van der Waals surface area contributed by atoms with Crippen LogP contribution in [0.3, 0.4) is 0 Å². The summed E-state index contributed by atoms with van der Waals surface area (Å²) < 4.78 is 26.8. The average molecular weight is 297 g/mol. The predicted octanol–water partition coefficient (Wildman–Crippen LogP) is 2.33. The van der Waals surface area contributed by atoms with Crippen LogP contribution in [0.15, 0.2) is 52.1 Å². The summed E-state index contributed by atoms with van der Waals surface area (Å²) in [6, 6.07) is 12.2. The fourth-order valence-electron chi connectivity index (χ4n) is 1.72. The van der Waals surface area contributed by atoms with E-state index in [1.165, 1.54) is 15.6 Å². The van der Waals surface area contributed by atoms with Gasteiger partial charge in [0.1, 0.15) is 4.21 Å². The molecule has 0 aliphatic carbocycles. The zero-order valence-electron chi connectivity index (χ0n) is 10.3. The van der Waals surface area contributed by atoms with Crippen LogP contribution in [0.1, 0.15) is 6.42 Å². The first-order valence-electron chi connectivity index (χ1n) is 5.88. The van der Waals surface area contributed by atoms with Crippen molar-refractivity contribution in [3.05, 3.63) is 47.8 Å². The van der Waals surface area contributed by atoms with Crippen molar-refractivity contribution in [1.29, 1.82) is 0 Å². The number of thiophene rings is 1. The van der Waals surface area contributed by atoms with E-state index in [4.69, 9.17) is 5.11 Å². The van der Waals surface area contributed by atoms with Crippen molar-refractivity contribution < 1.29 is 13.5 Å². The largest absolute Gasteiger partial charge is 0.396 e. The first-order chi connectivity index (χ1) is 9.16. The van der Waals surface area contributed by atoms with E-state index < -0.39 is 10.0 Å². The molecule has 0 saturated heterocycles. The Labute approximate surface area is 117 Å². The van der Waals surface area contributed by atoms with Crippen LogP contribution in [0.2, 0.25) is 0 Å². The lowest BCUT2D eigenvalue weighted by molar-refractivity contribution is 0.291. The standard InChI is InChI=1S/C13H15NO3S2/c15-10-5-9-14(12-6-2-1-3-7-12)19(16,17)13-8-4-11-18-13/h1-4,6-8,11,15H,5,9-10H2. The van der Waals surface area contributed by atoms with E-state index in [2.05, 4.69) is 0 Å². The van der Waals surface area contributed by atoms with Gasteiger partial charge in [-0.05, 0) is 30.0 Å².